The van der Waals surface area contributed by atoms with Crippen molar-refractivity contribution in [2.24, 2.45) is 33.5 Å². The van der Waals surface area contributed by atoms with E-state index in [1.165, 1.54) is 16.4 Å². The molecule has 1 aromatic heterocycles. The highest BCUT2D eigenvalue weighted by Crippen LogP contribution is 2.78. The maximum Gasteiger partial charge on any atom is 0.416 e. The average Bonchev–Trinajstić information content (AvgIpc) is 3.75. The number of aliphatic hydroxyl groups excluding tert-OH is 1. The van der Waals surface area contributed by atoms with Crippen molar-refractivity contribution in [3.8, 4) is 0 Å². The van der Waals surface area contributed by atoms with Crippen LogP contribution in [0.15, 0.2) is 100 Å². The number of ketones is 1. The largest absolute Gasteiger partial charge is 0.416 e. The van der Waals surface area contributed by atoms with E-state index >= 15 is 0 Å². The highest BCUT2D eigenvalue weighted by Gasteiger charge is 2.74. The molecule has 6 nitrogen and oxygen atoms in total. The molecule has 52 heavy (non-hydrogen) atoms. The maximum absolute atomic E-state index is 14.8. The highest BCUT2D eigenvalue weighted by atomic mass is 32.2. The molecule has 6 aliphatic carbocycles. The number of Topliss-reactive ketones (excluding diaryl/α,β-unsaturated/α-hetero) is 1. The number of carbonyl (C=O) groups is 1. The van der Waals surface area contributed by atoms with Crippen molar-refractivity contribution in [2.45, 2.75) is 87.4 Å². The fourth-order valence-corrected chi connectivity index (χ4v) is 14.1. The minimum atomic E-state index is -4.62. The first-order chi connectivity index (χ1) is 24.5. The van der Waals surface area contributed by atoms with Gasteiger partial charge in [-0.25, -0.2) is 8.42 Å². The Morgan fingerprint density at radius 3 is 2.35 bits per heavy atom. The standard InChI is InChI=1S/C41H44F3NO5S2/c1-36-16-13-30(46)23-38(36)19-20-40(31(24-38)35(47)28-10-6-11-29(22-28)41(42,43)44)32(36)14-17-37(2)33(40)15-18-39(37,48)26-45(25-27-8-4-3-5-9-27)52(49,50)34-12-7-21-51-34/h3-12,19-22,24,30,32-33,46,48H,13-18,23,25-26H2,1-2H3. The number of sulfonamides is 1. The Morgan fingerprint density at radius 2 is 1.63 bits per heavy atom. The molecule has 2 bridgehead atoms. The van der Waals surface area contributed by atoms with E-state index in [2.05, 4.69) is 19.1 Å². The van der Waals surface area contributed by atoms with E-state index in [0.717, 1.165) is 35.5 Å². The zero-order valence-corrected chi connectivity index (χ0v) is 30.9. The second-order valence-corrected chi connectivity index (χ2v) is 19.5. The van der Waals surface area contributed by atoms with Crippen LogP contribution in [0.3, 0.4) is 0 Å². The second kappa shape index (κ2) is 12.0. The Bertz CT molecular complexity index is 2070. The Balaban J connectivity index is 1.24. The first-order valence-corrected chi connectivity index (χ1v) is 20.4. The van der Waals surface area contributed by atoms with Gasteiger partial charge in [-0.2, -0.15) is 17.5 Å². The monoisotopic (exact) mass is 751 g/mol. The lowest BCUT2D eigenvalue weighted by atomic mass is 9.32. The van der Waals surface area contributed by atoms with Crippen LogP contribution in [0.5, 0.6) is 0 Å². The number of benzene rings is 2. The molecular weight excluding hydrogens is 708 g/mol. The van der Waals surface area contributed by atoms with Gasteiger partial charge in [0.25, 0.3) is 10.0 Å². The molecule has 2 aromatic carbocycles. The number of thiophene rings is 1. The molecule has 9 rings (SSSR count). The number of halogens is 3. The fourth-order valence-electron chi connectivity index (χ4n) is 11.4. The summed E-state index contributed by atoms with van der Waals surface area (Å²) in [5.41, 5.74) is -3.90. The predicted octanol–water partition coefficient (Wildman–Crippen LogP) is 8.43. The van der Waals surface area contributed by atoms with Gasteiger partial charge in [-0.15, -0.1) is 11.3 Å². The van der Waals surface area contributed by atoms with Crippen molar-refractivity contribution in [1.82, 2.24) is 4.31 Å². The number of alkyl halides is 3. The predicted molar refractivity (Wildman–Crippen MR) is 193 cm³/mol. The van der Waals surface area contributed by atoms with Crippen LogP contribution >= 0.6 is 11.3 Å². The van der Waals surface area contributed by atoms with Gasteiger partial charge in [0, 0.05) is 40.5 Å². The van der Waals surface area contributed by atoms with Crippen LogP contribution in [-0.2, 0) is 22.7 Å². The molecule has 276 valence electrons. The third kappa shape index (κ3) is 5.05. The van der Waals surface area contributed by atoms with Crippen LogP contribution in [0, 0.1) is 33.5 Å². The van der Waals surface area contributed by atoms with E-state index < -0.39 is 55.5 Å². The second-order valence-electron chi connectivity index (χ2n) is 16.4. The number of carbonyl (C=O) groups excluding carboxylic acids is 1. The van der Waals surface area contributed by atoms with E-state index in [0.29, 0.717) is 44.1 Å². The number of nitrogens with zero attached hydrogens (tertiary/aromatic N) is 1. The van der Waals surface area contributed by atoms with E-state index in [-0.39, 0.29) is 40.1 Å². The quantitative estimate of drug-likeness (QED) is 0.178. The van der Waals surface area contributed by atoms with E-state index in [1.54, 1.807) is 17.5 Å². The molecule has 1 heterocycles. The fraction of sp³-hybridized carbons (Fsp3) is 0.488. The zero-order valence-electron chi connectivity index (χ0n) is 29.3. The molecule has 0 amide bonds. The van der Waals surface area contributed by atoms with E-state index in [4.69, 9.17) is 0 Å². The van der Waals surface area contributed by atoms with Crippen LogP contribution in [0.1, 0.15) is 80.3 Å². The third-order valence-corrected chi connectivity index (χ3v) is 17.3. The summed E-state index contributed by atoms with van der Waals surface area (Å²) in [5, 5.41) is 25.7. The van der Waals surface area contributed by atoms with Crippen LogP contribution in [0.4, 0.5) is 13.2 Å². The van der Waals surface area contributed by atoms with Crippen LogP contribution in [0.25, 0.3) is 0 Å². The average molecular weight is 752 g/mol. The minimum absolute atomic E-state index is 0.0405. The normalized spacial score (nSPS) is 36.6. The molecule has 6 aliphatic rings. The van der Waals surface area contributed by atoms with Crippen LogP contribution < -0.4 is 0 Å². The van der Waals surface area contributed by atoms with Gasteiger partial charge in [-0.1, -0.05) is 80.6 Å². The Hall–Kier alpha value is -3.09. The molecule has 11 heteroatoms. The summed E-state index contributed by atoms with van der Waals surface area (Å²) in [6, 6.07) is 17.2. The first-order valence-electron chi connectivity index (χ1n) is 18.1. The number of allylic oxidation sites excluding steroid dienone is 4. The minimum Gasteiger partial charge on any atom is -0.393 e. The summed E-state index contributed by atoms with van der Waals surface area (Å²) in [6.45, 7) is 4.19. The maximum atomic E-state index is 14.8. The molecule has 0 radical (unpaired) electrons. The number of hydrogen-bond acceptors (Lipinski definition) is 6. The van der Waals surface area contributed by atoms with Crippen molar-refractivity contribution in [1.29, 1.82) is 0 Å². The lowest BCUT2D eigenvalue weighted by Crippen LogP contribution is -2.67. The zero-order chi connectivity index (χ0) is 37.0. The summed E-state index contributed by atoms with van der Waals surface area (Å²) in [5.74, 6) is -0.832. The van der Waals surface area contributed by atoms with Crippen molar-refractivity contribution in [3.63, 3.8) is 0 Å². The lowest BCUT2D eigenvalue weighted by molar-refractivity contribution is -0.173. The first kappa shape index (κ1) is 35.9. The molecule has 0 aliphatic heterocycles. The van der Waals surface area contributed by atoms with Crippen LogP contribution in [0.2, 0.25) is 0 Å². The van der Waals surface area contributed by atoms with Gasteiger partial charge in [-0.05, 0) is 91.3 Å². The topological polar surface area (TPSA) is 94.9 Å². The lowest BCUT2D eigenvalue weighted by Gasteiger charge is -2.71. The summed E-state index contributed by atoms with van der Waals surface area (Å²) in [6.07, 6.45) is 4.82. The van der Waals surface area contributed by atoms with Gasteiger partial charge in [-0.3, -0.25) is 4.79 Å². The summed E-state index contributed by atoms with van der Waals surface area (Å²) in [7, 11) is -3.99. The molecule has 8 unspecified atom stereocenters. The number of fused-ring (bicyclic) bond motifs is 1. The van der Waals surface area contributed by atoms with Crippen molar-refractivity contribution in [2.75, 3.05) is 6.54 Å². The third-order valence-electron chi connectivity index (χ3n) is 14.1. The Kier molecular flexibility index (Phi) is 8.26. The van der Waals surface area contributed by atoms with Gasteiger partial charge in [0.05, 0.1) is 17.3 Å². The highest BCUT2D eigenvalue weighted by molar-refractivity contribution is 7.91. The molecule has 3 fully saturated rings. The summed E-state index contributed by atoms with van der Waals surface area (Å²) in [4.78, 5) is 14.8. The Morgan fingerprint density at radius 1 is 0.923 bits per heavy atom. The molecular formula is C41H44F3NO5S2. The van der Waals surface area contributed by atoms with Gasteiger partial charge < -0.3 is 10.2 Å². The van der Waals surface area contributed by atoms with Crippen molar-refractivity contribution >= 4 is 27.1 Å². The van der Waals surface area contributed by atoms with Gasteiger partial charge >= 0.3 is 6.18 Å². The van der Waals surface area contributed by atoms with Gasteiger partial charge in [0.2, 0.25) is 0 Å². The molecule has 2 N–H and O–H groups in total. The summed E-state index contributed by atoms with van der Waals surface area (Å²) < 4.78 is 71.7. The molecule has 3 aromatic rings. The van der Waals surface area contributed by atoms with E-state index in [1.807, 2.05) is 43.3 Å². The smallest absolute Gasteiger partial charge is 0.393 e. The summed E-state index contributed by atoms with van der Waals surface area (Å²) >= 11 is 1.13. The van der Waals surface area contributed by atoms with Gasteiger partial charge in [0.1, 0.15) is 4.21 Å². The van der Waals surface area contributed by atoms with Gasteiger partial charge in [0.15, 0.2) is 5.78 Å². The Labute approximate surface area is 307 Å². The SMILES string of the molecule is CC12CCC(O)CC13C=CC1(C(C(=O)c4cccc(C(F)(F)F)c4)=C3)C2CCC2(C)C1CCC2(O)CN(Cc1ccccc1)S(=O)(=O)c1cccs1. The molecule has 2 spiro atoms. The van der Waals surface area contributed by atoms with Crippen molar-refractivity contribution < 1.29 is 36.6 Å². The molecule has 3 saturated carbocycles. The molecule has 8 atom stereocenters. The number of aliphatic hydroxyl groups is 2. The molecule has 0 saturated heterocycles. The van der Waals surface area contributed by atoms with Crippen molar-refractivity contribution in [3.05, 3.63) is 113 Å². The van der Waals surface area contributed by atoms with E-state index in [9.17, 15) is 36.6 Å². The number of hydrogen-bond donors (Lipinski definition) is 2. The number of rotatable bonds is 8. The van der Waals surface area contributed by atoms with Crippen LogP contribution in [-0.4, -0.2) is 47.0 Å².